The third-order valence-electron chi connectivity index (χ3n) is 4.43. The highest BCUT2D eigenvalue weighted by Crippen LogP contribution is 2.33. The maximum absolute atomic E-state index is 13.2. The van der Waals surface area contributed by atoms with Crippen LogP contribution in [-0.2, 0) is 4.74 Å². The molecule has 0 amide bonds. The second-order valence-electron chi connectivity index (χ2n) is 6.15. The highest BCUT2D eigenvalue weighted by Gasteiger charge is 2.34. The molecule has 4 atom stereocenters. The number of hydrogen-bond donors (Lipinski definition) is 2. The monoisotopic (exact) mass is 320 g/mol. The van der Waals surface area contributed by atoms with E-state index in [1.54, 1.807) is 0 Å². The van der Waals surface area contributed by atoms with E-state index in [0.29, 0.717) is 22.8 Å². The van der Waals surface area contributed by atoms with Crippen LogP contribution in [0.5, 0.6) is 0 Å². The Bertz CT molecular complexity index is 316. The van der Waals surface area contributed by atoms with Crippen LogP contribution in [0.25, 0.3) is 0 Å². The molecule has 116 valence electrons. The first-order chi connectivity index (χ1) is 9.70. The van der Waals surface area contributed by atoms with E-state index in [9.17, 15) is 4.39 Å². The summed E-state index contributed by atoms with van der Waals surface area (Å²) in [7, 11) is 0. The average Bonchev–Trinajstić information content (AvgIpc) is 3.06. The predicted octanol–water partition coefficient (Wildman–Crippen LogP) is 2.57. The number of thioether (sulfide) groups is 2. The zero-order valence-corrected chi connectivity index (χ0v) is 13.6. The van der Waals surface area contributed by atoms with Gasteiger partial charge in [-0.15, -0.1) is 23.5 Å². The van der Waals surface area contributed by atoms with E-state index < -0.39 is 6.17 Å². The Morgan fingerprint density at radius 2 is 2.10 bits per heavy atom. The normalized spacial score (nSPS) is 45.9. The van der Waals surface area contributed by atoms with Gasteiger partial charge in [0.15, 0.2) is 0 Å². The Morgan fingerprint density at radius 1 is 1.30 bits per heavy atom. The van der Waals surface area contributed by atoms with Gasteiger partial charge in [-0.3, -0.25) is 10.6 Å². The van der Waals surface area contributed by atoms with Gasteiger partial charge in [-0.25, -0.2) is 4.39 Å². The van der Waals surface area contributed by atoms with Crippen LogP contribution < -0.4 is 10.6 Å². The van der Waals surface area contributed by atoms with E-state index in [2.05, 4.69) is 17.6 Å². The highest BCUT2D eigenvalue weighted by molar-refractivity contribution is 8.17. The Kier molecular flexibility index (Phi) is 5.53. The first kappa shape index (κ1) is 15.4. The fraction of sp³-hybridized carbons (Fsp3) is 1.00. The molecule has 4 unspecified atom stereocenters. The Balaban J connectivity index is 1.36. The summed E-state index contributed by atoms with van der Waals surface area (Å²) in [6, 6.07) is 0.624. The van der Waals surface area contributed by atoms with Crippen molar-refractivity contribution >= 4 is 23.5 Å². The van der Waals surface area contributed by atoms with Gasteiger partial charge < -0.3 is 4.74 Å². The molecule has 0 aromatic rings. The topological polar surface area (TPSA) is 33.3 Å². The largest absolute Gasteiger partial charge is 0.358 e. The van der Waals surface area contributed by atoms with E-state index >= 15 is 0 Å². The SMILES string of the molecule is CC1CSC(SCC2NCC(C3CCC(F)CC3)O2)N1. The molecule has 3 nitrogen and oxygen atoms in total. The lowest BCUT2D eigenvalue weighted by molar-refractivity contribution is 0.00431. The van der Waals surface area contributed by atoms with Crippen LogP contribution in [0.4, 0.5) is 4.39 Å². The van der Waals surface area contributed by atoms with Gasteiger partial charge in [-0.2, -0.15) is 0 Å². The molecular formula is C14H25FN2OS2. The maximum Gasteiger partial charge on any atom is 0.117 e. The molecule has 3 rings (SSSR count). The summed E-state index contributed by atoms with van der Waals surface area (Å²) in [5.41, 5.74) is 0. The first-order valence-electron chi connectivity index (χ1n) is 7.73. The minimum Gasteiger partial charge on any atom is -0.358 e. The molecule has 0 aromatic heterocycles. The molecule has 3 aliphatic rings. The molecule has 1 aliphatic carbocycles. The second kappa shape index (κ2) is 7.18. The minimum atomic E-state index is -0.570. The number of halogens is 1. The van der Waals surface area contributed by atoms with Crippen LogP contribution in [0.1, 0.15) is 32.6 Å². The van der Waals surface area contributed by atoms with Crippen LogP contribution in [0, 0.1) is 5.92 Å². The van der Waals surface area contributed by atoms with Crippen molar-refractivity contribution in [1.82, 2.24) is 10.6 Å². The summed E-state index contributed by atoms with van der Waals surface area (Å²) in [5.74, 6) is 2.75. The molecule has 2 aliphatic heterocycles. The quantitative estimate of drug-likeness (QED) is 0.832. The summed E-state index contributed by atoms with van der Waals surface area (Å²) < 4.78 is 19.8. The van der Waals surface area contributed by atoms with Crippen LogP contribution >= 0.6 is 23.5 Å². The maximum atomic E-state index is 13.2. The number of hydrogen-bond acceptors (Lipinski definition) is 5. The van der Waals surface area contributed by atoms with Gasteiger partial charge in [-0.1, -0.05) is 0 Å². The molecule has 3 fully saturated rings. The average molecular weight is 320 g/mol. The Morgan fingerprint density at radius 3 is 2.80 bits per heavy atom. The van der Waals surface area contributed by atoms with Crippen molar-refractivity contribution in [2.75, 3.05) is 18.1 Å². The first-order valence-corrected chi connectivity index (χ1v) is 9.82. The van der Waals surface area contributed by atoms with Crippen molar-refractivity contribution in [2.45, 2.75) is 61.9 Å². The lowest BCUT2D eigenvalue weighted by Crippen LogP contribution is -2.29. The van der Waals surface area contributed by atoms with E-state index in [1.165, 1.54) is 5.75 Å². The molecule has 2 N–H and O–H groups in total. The molecule has 0 aromatic carbocycles. The van der Waals surface area contributed by atoms with Crippen molar-refractivity contribution in [3.8, 4) is 0 Å². The summed E-state index contributed by atoms with van der Waals surface area (Å²) in [6.07, 6.45) is 3.34. The van der Waals surface area contributed by atoms with Crippen molar-refractivity contribution in [2.24, 2.45) is 5.92 Å². The van der Waals surface area contributed by atoms with Gasteiger partial charge in [0, 0.05) is 24.1 Å². The van der Waals surface area contributed by atoms with E-state index in [4.69, 9.17) is 4.74 Å². The Labute approximate surface area is 129 Å². The predicted molar refractivity (Wildman–Crippen MR) is 84.8 cm³/mol. The van der Waals surface area contributed by atoms with Crippen molar-refractivity contribution < 1.29 is 9.13 Å². The fourth-order valence-corrected chi connectivity index (χ4v) is 5.83. The second-order valence-corrected chi connectivity index (χ2v) is 8.72. The van der Waals surface area contributed by atoms with E-state index in [1.807, 2.05) is 23.5 Å². The van der Waals surface area contributed by atoms with Gasteiger partial charge in [-0.05, 0) is 38.5 Å². The standard InChI is InChI=1S/C14H25FN2OS2/c1-9-7-19-14(17-9)20-8-13-16-6-12(18-13)10-2-4-11(15)5-3-10/h9-14,16-17H,2-8H2,1H3. The summed E-state index contributed by atoms with van der Waals surface area (Å²) in [6.45, 7) is 3.17. The number of alkyl halides is 1. The molecule has 0 radical (unpaired) electrons. The van der Waals surface area contributed by atoms with Gasteiger partial charge in [0.25, 0.3) is 0 Å². The van der Waals surface area contributed by atoms with Crippen LogP contribution in [0.3, 0.4) is 0 Å². The molecule has 2 saturated heterocycles. The Hall–Kier alpha value is 0.510. The highest BCUT2D eigenvalue weighted by atomic mass is 32.2. The lowest BCUT2D eigenvalue weighted by atomic mass is 9.84. The molecular weight excluding hydrogens is 295 g/mol. The molecule has 0 spiro atoms. The zero-order chi connectivity index (χ0) is 13.9. The van der Waals surface area contributed by atoms with Gasteiger partial charge in [0.1, 0.15) is 17.1 Å². The van der Waals surface area contributed by atoms with Crippen LogP contribution in [0.2, 0.25) is 0 Å². The summed E-state index contributed by atoms with van der Waals surface area (Å²) in [4.78, 5) is 0. The smallest absolute Gasteiger partial charge is 0.117 e. The number of ether oxygens (including phenoxy) is 1. The number of nitrogens with one attached hydrogen (secondary N) is 2. The van der Waals surface area contributed by atoms with Gasteiger partial charge in [0.2, 0.25) is 0 Å². The van der Waals surface area contributed by atoms with Crippen molar-refractivity contribution in [3.63, 3.8) is 0 Å². The lowest BCUT2D eigenvalue weighted by Gasteiger charge is -2.28. The number of rotatable bonds is 4. The van der Waals surface area contributed by atoms with Crippen LogP contribution in [-0.4, -0.2) is 47.3 Å². The molecule has 20 heavy (non-hydrogen) atoms. The summed E-state index contributed by atoms with van der Waals surface area (Å²) >= 11 is 3.93. The molecule has 2 heterocycles. The minimum absolute atomic E-state index is 0.173. The third kappa shape index (κ3) is 4.03. The van der Waals surface area contributed by atoms with Gasteiger partial charge >= 0.3 is 0 Å². The summed E-state index contributed by atoms with van der Waals surface area (Å²) in [5, 5.41) is 7.03. The zero-order valence-electron chi connectivity index (χ0n) is 12.0. The third-order valence-corrected chi connectivity index (χ3v) is 7.31. The van der Waals surface area contributed by atoms with Crippen LogP contribution in [0.15, 0.2) is 0 Å². The van der Waals surface area contributed by atoms with Crippen molar-refractivity contribution in [3.05, 3.63) is 0 Å². The molecule has 0 bridgehead atoms. The molecule has 1 saturated carbocycles. The van der Waals surface area contributed by atoms with E-state index in [0.717, 1.165) is 38.0 Å². The van der Waals surface area contributed by atoms with Gasteiger partial charge in [0.05, 0.1) is 6.10 Å². The van der Waals surface area contributed by atoms with Crippen molar-refractivity contribution in [1.29, 1.82) is 0 Å². The fourth-order valence-electron chi connectivity index (χ4n) is 3.21. The molecule has 6 heteroatoms. The van der Waals surface area contributed by atoms with E-state index in [-0.39, 0.29) is 6.23 Å².